The molecule has 0 saturated carbocycles. The number of anilines is 1. The van der Waals surface area contributed by atoms with E-state index in [4.69, 9.17) is 4.74 Å². The molecule has 0 atom stereocenters. The monoisotopic (exact) mass is 259 g/mol. The number of ether oxygens (including phenoxy) is 1. The molecule has 1 heterocycles. The molecule has 2 aromatic rings. The van der Waals surface area contributed by atoms with E-state index in [1.165, 1.54) is 0 Å². The molecule has 0 unspecified atom stereocenters. The van der Waals surface area contributed by atoms with Crippen molar-refractivity contribution < 1.29 is 9.53 Å². The molecule has 2 rings (SSSR count). The van der Waals surface area contributed by atoms with Crippen LogP contribution in [0.25, 0.3) is 10.9 Å². The van der Waals surface area contributed by atoms with Gasteiger partial charge in [-0.2, -0.15) is 0 Å². The Morgan fingerprint density at radius 3 is 3.05 bits per heavy atom. The van der Waals surface area contributed by atoms with Crippen LogP contribution < -0.4 is 10.6 Å². The number of fused-ring (bicyclic) bond motifs is 1. The topological polar surface area (TPSA) is 63.2 Å². The minimum atomic E-state index is -0.0764. The summed E-state index contributed by atoms with van der Waals surface area (Å²) in [6.07, 6.45) is 1.74. The van der Waals surface area contributed by atoms with Gasteiger partial charge >= 0.3 is 0 Å². The fraction of sp³-hybridized carbons (Fsp3) is 0.286. The van der Waals surface area contributed by atoms with Crippen LogP contribution in [0.15, 0.2) is 36.5 Å². The molecular weight excluding hydrogens is 242 g/mol. The zero-order chi connectivity index (χ0) is 13.5. The van der Waals surface area contributed by atoms with Crippen LogP contribution in [0.2, 0.25) is 0 Å². The van der Waals surface area contributed by atoms with Crippen LogP contribution in [-0.4, -0.2) is 37.7 Å². The molecular formula is C14H17N3O2. The van der Waals surface area contributed by atoms with Crippen LogP contribution in [-0.2, 0) is 9.53 Å². The van der Waals surface area contributed by atoms with Gasteiger partial charge < -0.3 is 15.4 Å². The number of hydrogen-bond donors (Lipinski definition) is 2. The summed E-state index contributed by atoms with van der Waals surface area (Å²) in [6.45, 7) is 1.51. The van der Waals surface area contributed by atoms with E-state index in [9.17, 15) is 4.79 Å². The molecule has 0 radical (unpaired) electrons. The Hall–Kier alpha value is -1.98. The third kappa shape index (κ3) is 3.74. The number of pyridine rings is 1. The third-order valence-corrected chi connectivity index (χ3v) is 2.69. The van der Waals surface area contributed by atoms with E-state index in [2.05, 4.69) is 15.6 Å². The summed E-state index contributed by atoms with van der Waals surface area (Å²) in [5.41, 5.74) is 1.65. The quantitative estimate of drug-likeness (QED) is 0.770. The van der Waals surface area contributed by atoms with Gasteiger partial charge in [-0.1, -0.05) is 6.07 Å². The standard InChI is InChI=1S/C14H17N3O2/c1-19-9-8-15-10-14(18)17-13-6-2-5-12-11(13)4-3-7-16-12/h2-7,15H,8-10H2,1H3,(H,17,18). The summed E-state index contributed by atoms with van der Waals surface area (Å²) in [5, 5.41) is 6.82. The fourth-order valence-electron chi connectivity index (χ4n) is 1.78. The molecule has 0 saturated heterocycles. The molecule has 1 aromatic heterocycles. The Morgan fingerprint density at radius 2 is 2.21 bits per heavy atom. The van der Waals surface area contributed by atoms with Crippen molar-refractivity contribution in [3.05, 3.63) is 36.5 Å². The van der Waals surface area contributed by atoms with Crippen LogP contribution >= 0.6 is 0 Å². The van der Waals surface area contributed by atoms with Crippen molar-refractivity contribution in [3.8, 4) is 0 Å². The molecule has 0 fully saturated rings. The number of nitrogens with zero attached hydrogens (tertiary/aromatic N) is 1. The lowest BCUT2D eigenvalue weighted by Gasteiger charge is -2.08. The lowest BCUT2D eigenvalue weighted by molar-refractivity contribution is -0.115. The summed E-state index contributed by atoms with van der Waals surface area (Å²) in [4.78, 5) is 16.0. The first-order valence-corrected chi connectivity index (χ1v) is 6.14. The second kappa shape index (κ2) is 6.82. The third-order valence-electron chi connectivity index (χ3n) is 2.69. The zero-order valence-corrected chi connectivity index (χ0v) is 10.8. The van der Waals surface area contributed by atoms with E-state index < -0.39 is 0 Å². The predicted octanol–water partition coefficient (Wildman–Crippen LogP) is 1.41. The molecule has 1 aromatic carbocycles. The SMILES string of the molecule is COCCNCC(=O)Nc1cccc2ncccc12. The molecule has 0 aliphatic carbocycles. The molecule has 2 N–H and O–H groups in total. The Labute approximate surface area is 112 Å². The summed E-state index contributed by atoms with van der Waals surface area (Å²) in [6, 6.07) is 9.47. The van der Waals surface area contributed by atoms with Gasteiger partial charge in [-0.25, -0.2) is 0 Å². The van der Waals surface area contributed by atoms with E-state index >= 15 is 0 Å². The molecule has 0 aliphatic heterocycles. The number of carbonyl (C=O) groups is 1. The Bertz CT molecular complexity index is 552. The van der Waals surface area contributed by atoms with Gasteiger partial charge in [-0.3, -0.25) is 9.78 Å². The number of methoxy groups -OCH3 is 1. The number of amides is 1. The van der Waals surface area contributed by atoms with Crippen molar-refractivity contribution in [2.75, 3.05) is 32.1 Å². The summed E-state index contributed by atoms with van der Waals surface area (Å²) in [7, 11) is 1.63. The van der Waals surface area contributed by atoms with Crippen molar-refractivity contribution in [1.29, 1.82) is 0 Å². The maximum absolute atomic E-state index is 11.8. The molecule has 5 nitrogen and oxygen atoms in total. The minimum Gasteiger partial charge on any atom is -0.383 e. The van der Waals surface area contributed by atoms with Crippen molar-refractivity contribution in [2.45, 2.75) is 0 Å². The van der Waals surface area contributed by atoms with E-state index in [0.29, 0.717) is 13.2 Å². The number of rotatable bonds is 6. The van der Waals surface area contributed by atoms with Gasteiger partial charge in [0.05, 0.1) is 24.4 Å². The number of nitrogens with one attached hydrogen (secondary N) is 2. The van der Waals surface area contributed by atoms with Crippen LogP contribution in [0.3, 0.4) is 0 Å². The number of benzene rings is 1. The molecule has 0 aliphatic rings. The van der Waals surface area contributed by atoms with Gasteiger partial charge in [-0.05, 0) is 24.3 Å². The average molecular weight is 259 g/mol. The second-order valence-electron chi connectivity index (χ2n) is 4.09. The average Bonchev–Trinajstić information content (AvgIpc) is 2.44. The lowest BCUT2D eigenvalue weighted by Crippen LogP contribution is -2.30. The number of hydrogen-bond acceptors (Lipinski definition) is 4. The maximum Gasteiger partial charge on any atom is 0.238 e. The Kier molecular flexibility index (Phi) is 4.83. The van der Waals surface area contributed by atoms with Crippen LogP contribution in [0.4, 0.5) is 5.69 Å². The molecule has 1 amide bonds. The molecule has 19 heavy (non-hydrogen) atoms. The molecule has 100 valence electrons. The molecule has 0 spiro atoms. The normalized spacial score (nSPS) is 10.6. The Balaban J connectivity index is 1.99. The van der Waals surface area contributed by atoms with E-state index in [0.717, 1.165) is 16.6 Å². The van der Waals surface area contributed by atoms with Crippen molar-refractivity contribution in [1.82, 2.24) is 10.3 Å². The van der Waals surface area contributed by atoms with Gasteiger partial charge in [0.25, 0.3) is 0 Å². The fourth-order valence-corrected chi connectivity index (χ4v) is 1.78. The highest BCUT2D eigenvalue weighted by molar-refractivity contribution is 6.01. The second-order valence-corrected chi connectivity index (χ2v) is 4.09. The molecule has 5 heteroatoms. The van der Waals surface area contributed by atoms with Crippen molar-refractivity contribution >= 4 is 22.5 Å². The first-order valence-electron chi connectivity index (χ1n) is 6.14. The maximum atomic E-state index is 11.8. The van der Waals surface area contributed by atoms with E-state index in [-0.39, 0.29) is 12.5 Å². The highest BCUT2D eigenvalue weighted by Gasteiger charge is 2.05. The largest absolute Gasteiger partial charge is 0.383 e. The summed E-state index contributed by atoms with van der Waals surface area (Å²) in [5.74, 6) is -0.0764. The highest BCUT2D eigenvalue weighted by atomic mass is 16.5. The van der Waals surface area contributed by atoms with Crippen LogP contribution in [0, 0.1) is 0 Å². The van der Waals surface area contributed by atoms with Gasteiger partial charge in [0, 0.05) is 25.2 Å². The zero-order valence-electron chi connectivity index (χ0n) is 10.8. The number of carbonyl (C=O) groups excluding carboxylic acids is 1. The van der Waals surface area contributed by atoms with E-state index in [1.807, 2.05) is 30.3 Å². The smallest absolute Gasteiger partial charge is 0.238 e. The first kappa shape index (κ1) is 13.5. The van der Waals surface area contributed by atoms with Crippen molar-refractivity contribution in [3.63, 3.8) is 0 Å². The van der Waals surface area contributed by atoms with Gasteiger partial charge in [0.15, 0.2) is 0 Å². The first-order chi connectivity index (χ1) is 9.31. The van der Waals surface area contributed by atoms with Gasteiger partial charge in [-0.15, -0.1) is 0 Å². The van der Waals surface area contributed by atoms with Crippen LogP contribution in [0.1, 0.15) is 0 Å². The molecule has 0 bridgehead atoms. The van der Waals surface area contributed by atoms with Crippen LogP contribution in [0.5, 0.6) is 0 Å². The summed E-state index contributed by atoms with van der Waals surface area (Å²) >= 11 is 0. The van der Waals surface area contributed by atoms with E-state index in [1.54, 1.807) is 13.3 Å². The predicted molar refractivity (Wildman–Crippen MR) is 75.1 cm³/mol. The van der Waals surface area contributed by atoms with Gasteiger partial charge in [0.2, 0.25) is 5.91 Å². The minimum absolute atomic E-state index is 0.0764. The Morgan fingerprint density at radius 1 is 1.32 bits per heavy atom. The van der Waals surface area contributed by atoms with Crippen molar-refractivity contribution in [2.24, 2.45) is 0 Å². The summed E-state index contributed by atoms with van der Waals surface area (Å²) < 4.78 is 4.90. The highest BCUT2D eigenvalue weighted by Crippen LogP contribution is 2.20. The number of aromatic nitrogens is 1. The lowest BCUT2D eigenvalue weighted by atomic mass is 10.2. The van der Waals surface area contributed by atoms with Gasteiger partial charge in [0.1, 0.15) is 0 Å².